The Bertz CT molecular complexity index is 292. The lowest BCUT2D eigenvalue weighted by Gasteiger charge is -2.00. The highest BCUT2D eigenvalue weighted by Gasteiger charge is 1.97. The van der Waals surface area contributed by atoms with Gasteiger partial charge in [0.05, 0.1) is 5.69 Å². The molecule has 1 rings (SSSR count). The normalized spacial score (nSPS) is 9.42. The number of nitrogens with zero attached hydrogens (tertiary/aromatic N) is 1. The van der Waals surface area contributed by atoms with E-state index in [9.17, 15) is 0 Å². The number of hydrogen-bond acceptors (Lipinski definition) is 2. The number of nitrogens with two attached hydrogens (primary N) is 2. The van der Waals surface area contributed by atoms with Crippen LogP contribution in [0.4, 0.5) is 5.69 Å². The molecular formula is C8H11N3S. The molecule has 0 atom stereocenters. The summed E-state index contributed by atoms with van der Waals surface area (Å²) in [5.74, 6) is 0.0940. The Morgan fingerprint density at radius 3 is 2.58 bits per heavy atom. The van der Waals surface area contributed by atoms with E-state index >= 15 is 0 Å². The minimum absolute atomic E-state index is 0.0940. The van der Waals surface area contributed by atoms with Crippen molar-refractivity contribution in [2.24, 2.45) is 16.5 Å². The Labute approximate surface area is 75.9 Å². The molecule has 0 aliphatic rings. The lowest BCUT2D eigenvalue weighted by molar-refractivity contribution is 1.34. The molecule has 1 aromatic carbocycles. The van der Waals surface area contributed by atoms with Crippen molar-refractivity contribution in [3.8, 4) is 0 Å². The van der Waals surface area contributed by atoms with Gasteiger partial charge in [0.1, 0.15) is 0 Å². The van der Waals surface area contributed by atoms with Crippen LogP contribution in [0, 0.1) is 0 Å². The van der Waals surface area contributed by atoms with Crippen LogP contribution in [-0.2, 0) is 0 Å². The maximum absolute atomic E-state index is 5.27. The molecule has 0 heterocycles. The molecular weight excluding hydrogens is 170 g/mol. The van der Waals surface area contributed by atoms with Gasteiger partial charge in [-0.15, -0.1) is 11.8 Å². The SMILES string of the molecule is CSc1ccccc1N=C(N)N. The zero-order valence-corrected chi connectivity index (χ0v) is 7.64. The largest absolute Gasteiger partial charge is 0.370 e. The maximum Gasteiger partial charge on any atom is 0.191 e. The molecule has 4 heteroatoms. The fourth-order valence-electron chi connectivity index (χ4n) is 0.861. The molecule has 0 aliphatic heterocycles. The third-order valence-electron chi connectivity index (χ3n) is 1.33. The van der Waals surface area contributed by atoms with Gasteiger partial charge < -0.3 is 11.5 Å². The Balaban J connectivity index is 3.05. The van der Waals surface area contributed by atoms with Crippen LogP contribution in [0.2, 0.25) is 0 Å². The van der Waals surface area contributed by atoms with Crippen molar-refractivity contribution < 1.29 is 0 Å². The Hall–Kier alpha value is -1.16. The second-order valence-electron chi connectivity index (χ2n) is 2.21. The fraction of sp³-hybridized carbons (Fsp3) is 0.125. The molecule has 3 nitrogen and oxygen atoms in total. The maximum atomic E-state index is 5.27. The molecule has 0 saturated heterocycles. The minimum Gasteiger partial charge on any atom is -0.370 e. The standard InChI is InChI=1S/C8H11N3S/c1-12-7-5-3-2-4-6(7)11-8(9)10/h2-5H,1H3,(H4,9,10,11). The van der Waals surface area contributed by atoms with Crippen molar-refractivity contribution in [3.05, 3.63) is 24.3 Å². The van der Waals surface area contributed by atoms with Gasteiger partial charge in [-0.1, -0.05) is 12.1 Å². The predicted octanol–water partition coefficient (Wildman–Crippen LogP) is 1.31. The highest BCUT2D eigenvalue weighted by Crippen LogP contribution is 2.26. The molecule has 0 spiro atoms. The summed E-state index contributed by atoms with van der Waals surface area (Å²) in [7, 11) is 0. The molecule has 0 amide bonds. The van der Waals surface area contributed by atoms with E-state index in [0.29, 0.717) is 0 Å². The highest BCUT2D eigenvalue weighted by atomic mass is 32.2. The van der Waals surface area contributed by atoms with Gasteiger partial charge in [0.25, 0.3) is 0 Å². The fourth-order valence-corrected chi connectivity index (χ4v) is 1.40. The number of rotatable bonds is 2. The van der Waals surface area contributed by atoms with Crippen LogP contribution in [0.3, 0.4) is 0 Å². The Morgan fingerprint density at radius 1 is 1.33 bits per heavy atom. The summed E-state index contributed by atoms with van der Waals surface area (Å²) in [6.45, 7) is 0. The first-order valence-electron chi connectivity index (χ1n) is 3.46. The van der Waals surface area contributed by atoms with Crippen LogP contribution >= 0.6 is 11.8 Å². The average Bonchev–Trinajstić information content (AvgIpc) is 2.04. The zero-order chi connectivity index (χ0) is 8.97. The van der Waals surface area contributed by atoms with Crippen molar-refractivity contribution in [2.45, 2.75) is 4.90 Å². The minimum atomic E-state index is 0.0940. The lowest BCUT2D eigenvalue weighted by Crippen LogP contribution is -2.21. The quantitative estimate of drug-likeness (QED) is 0.411. The third kappa shape index (κ3) is 2.17. The number of guanidine groups is 1. The van der Waals surface area contributed by atoms with E-state index in [2.05, 4.69) is 4.99 Å². The van der Waals surface area contributed by atoms with Crippen molar-refractivity contribution in [2.75, 3.05) is 6.26 Å². The molecule has 0 bridgehead atoms. The summed E-state index contributed by atoms with van der Waals surface area (Å²) in [5, 5.41) is 0. The van der Waals surface area contributed by atoms with Crippen molar-refractivity contribution in [1.82, 2.24) is 0 Å². The topological polar surface area (TPSA) is 64.4 Å². The molecule has 1 aromatic rings. The summed E-state index contributed by atoms with van der Waals surface area (Å²) in [6, 6.07) is 7.72. The Kier molecular flexibility index (Phi) is 2.99. The van der Waals surface area contributed by atoms with E-state index in [1.165, 1.54) is 0 Å². The van der Waals surface area contributed by atoms with Gasteiger partial charge in [-0.25, -0.2) is 4.99 Å². The number of para-hydroxylation sites is 1. The smallest absolute Gasteiger partial charge is 0.191 e. The van der Waals surface area contributed by atoms with Crippen LogP contribution in [0.15, 0.2) is 34.2 Å². The second-order valence-corrected chi connectivity index (χ2v) is 3.06. The monoisotopic (exact) mass is 181 g/mol. The van der Waals surface area contributed by atoms with Crippen LogP contribution in [0.5, 0.6) is 0 Å². The van der Waals surface area contributed by atoms with E-state index in [-0.39, 0.29) is 5.96 Å². The lowest BCUT2D eigenvalue weighted by atomic mass is 10.3. The van der Waals surface area contributed by atoms with Gasteiger partial charge in [-0.3, -0.25) is 0 Å². The van der Waals surface area contributed by atoms with E-state index in [0.717, 1.165) is 10.6 Å². The van der Waals surface area contributed by atoms with Crippen LogP contribution in [0.25, 0.3) is 0 Å². The summed E-state index contributed by atoms with van der Waals surface area (Å²) in [4.78, 5) is 5.06. The van der Waals surface area contributed by atoms with Crippen molar-refractivity contribution >= 4 is 23.4 Å². The number of hydrogen-bond donors (Lipinski definition) is 2. The highest BCUT2D eigenvalue weighted by molar-refractivity contribution is 7.98. The zero-order valence-electron chi connectivity index (χ0n) is 6.82. The molecule has 0 saturated carbocycles. The van der Waals surface area contributed by atoms with E-state index < -0.39 is 0 Å². The molecule has 0 aromatic heterocycles. The number of thioether (sulfide) groups is 1. The van der Waals surface area contributed by atoms with Crippen molar-refractivity contribution in [1.29, 1.82) is 0 Å². The van der Waals surface area contributed by atoms with Crippen LogP contribution < -0.4 is 11.5 Å². The van der Waals surface area contributed by atoms with Gasteiger partial charge in [0.2, 0.25) is 0 Å². The average molecular weight is 181 g/mol. The molecule has 0 fully saturated rings. The summed E-state index contributed by atoms with van der Waals surface area (Å²) in [6.07, 6.45) is 1.99. The van der Waals surface area contributed by atoms with E-state index in [1.807, 2.05) is 30.5 Å². The first-order chi connectivity index (χ1) is 5.74. The molecule has 0 radical (unpaired) electrons. The van der Waals surface area contributed by atoms with Gasteiger partial charge in [-0.2, -0.15) is 0 Å². The second kappa shape index (κ2) is 4.01. The molecule has 12 heavy (non-hydrogen) atoms. The predicted molar refractivity (Wildman–Crippen MR) is 53.7 cm³/mol. The first-order valence-corrected chi connectivity index (χ1v) is 4.69. The Morgan fingerprint density at radius 2 is 2.00 bits per heavy atom. The van der Waals surface area contributed by atoms with Gasteiger partial charge >= 0.3 is 0 Å². The number of benzene rings is 1. The first kappa shape index (κ1) is 8.93. The van der Waals surface area contributed by atoms with Crippen LogP contribution in [-0.4, -0.2) is 12.2 Å². The van der Waals surface area contributed by atoms with Gasteiger partial charge in [0, 0.05) is 4.90 Å². The molecule has 4 N–H and O–H groups in total. The molecule has 64 valence electrons. The van der Waals surface area contributed by atoms with Gasteiger partial charge in [-0.05, 0) is 18.4 Å². The van der Waals surface area contributed by atoms with Crippen molar-refractivity contribution in [3.63, 3.8) is 0 Å². The summed E-state index contributed by atoms with van der Waals surface area (Å²) >= 11 is 1.62. The molecule has 0 unspecified atom stereocenters. The third-order valence-corrected chi connectivity index (χ3v) is 2.12. The van der Waals surface area contributed by atoms with Gasteiger partial charge in [0.15, 0.2) is 5.96 Å². The van der Waals surface area contributed by atoms with E-state index in [4.69, 9.17) is 11.5 Å². The van der Waals surface area contributed by atoms with Crippen LogP contribution in [0.1, 0.15) is 0 Å². The van der Waals surface area contributed by atoms with E-state index in [1.54, 1.807) is 11.8 Å². The summed E-state index contributed by atoms with van der Waals surface area (Å²) in [5.41, 5.74) is 11.4. The molecule has 0 aliphatic carbocycles. The number of aliphatic imine (C=N–C) groups is 1. The summed E-state index contributed by atoms with van der Waals surface area (Å²) < 4.78 is 0.